The standard InChI is InChI=1S/C37H48Cl2N6O3/c1-8-48-31-23-32(35(3,4)5)41-24-30(31)33-42-36(6,26-9-13-28(38)14-10-26)37(7,27-11-15-29(39)16-12-27)45(33)34(47)44-21-19-43(20-22-44)18-17-40-25(2)46/h9-15,23-24,29H,8,16-22H2,1-7H3,(H,40,46)/t29?,36-,37+/m0/s1. The van der Waals surface area contributed by atoms with Gasteiger partial charge < -0.3 is 15.0 Å². The summed E-state index contributed by atoms with van der Waals surface area (Å²) in [5.74, 6) is 1.09. The van der Waals surface area contributed by atoms with Gasteiger partial charge in [-0.05, 0) is 50.5 Å². The Morgan fingerprint density at radius 2 is 1.79 bits per heavy atom. The molecule has 9 nitrogen and oxygen atoms in total. The third kappa shape index (κ3) is 7.00. The van der Waals surface area contributed by atoms with Gasteiger partial charge in [0.15, 0.2) is 0 Å². The fourth-order valence-corrected chi connectivity index (χ4v) is 7.02. The van der Waals surface area contributed by atoms with Crippen LogP contribution in [0.2, 0.25) is 5.02 Å². The number of rotatable bonds is 8. The molecule has 1 fully saturated rings. The van der Waals surface area contributed by atoms with Gasteiger partial charge in [-0.15, -0.1) is 11.6 Å². The van der Waals surface area contributed by atoms with Crippen LogP contribution in [-0.4, -0.2) is 94.2 Å². The van der Waals surface area contributed by atoms with E-state index in [1.165, 1.54) is 6.92 Å². The highest BCUT2D eigenvalue weighted by Crippen LogP contribution is 2.53. The summed E-state index contributed by atoms with van der Waals surface area (Å²) in [5, 5.41) is 3.36. The van der Waals surface area contributed by atoms with Crippen molar-refractivity contribution in [1.29, 1.82) is 0 Å². The van der Waals surface area contributed by atoms with Crippen LogP contribution in [0.15, 0.2) is 65.3 Å². The molecule has 1 saturated heterocycles. The molecule has 5 rings (SSSR count). The van der Waals surface area contributed by atoms with Crippen molar-refractivity contribution in [3.63, 3.8) is 0 Å². The van der Waals surface area contributed by atoms with Crippen LogP contribution in [0.1, 0.15) is 71.7 Å². The number of halogens is 2. The number of aromatic nitrogens is 1. The van der Waals surface area contributed by atoms with Crippen molar-refractivity contribution in [1.82, 2.24) is 25.0 Å². The van der Waals surface area contributed by atoms with E-state index < -0.39 is 11.1 Å². The molecular weight excluding hydrogens is 647 g/mol. The summed E-state index contributed by atoms with van der Waals surface area (Å²) in [6.45, 7) is 18.2. The summed E-state index contributed by atoms with van der Waals surface area (Å²) in [6.07, 6.45) is 8.60. The van der Waals surface area contributed by atoms with Crippen LogP contribution in [0.4, 0.5) is 4.79 Å². The number of urea groups is 1. The lowest BCUT2D eigenvalue weighted by molar-refractivity contribution is -0.119. The zero-order valence-electron chi connectivity index (χ0n) is 29.1. The molecule has 48 heavy (non-hydrogen) atoms. The van der Waals surface area contributed by atoms with E-state index in [-0.39, 0.29) is 22.7 Å². The van der Waals surface area contributed by atoms with Crippen molar-refractivity contribution >= 4 is 41.0 Å². The summed E-state index contributed by atoms with van der Waals surface area (Å²) >= 11 is 12.9. The Kier molecular flexibility index (Phi) is 10.6. The first-order valence-corrected chi connectivity index (χ1v) is 17.6. The smallest absolute Gasteiger partial charge is 0.326 e. The van der Waals surface area contributed by atoms with E-state index in [2.05, 4.69) is 50.9 Å². The van der Waals surface area contributed by atoms with Gasteiger partial charge in [0.2, 0.25) is 5.91 Å². The number of pyridine rings is 1. The number of ether oxygens (including phenoxy) is 1. The highest BCUT2D eigenvalue weighted by atomic mass is 35.5. The number of amides is 3. The predicted molar refractivity (Wildman–Crippen MR) is 193 cm³/mol. The molecule has 2 aromatic rings. The second kappa shape index (κ2) is 14.2. The number of nitrogens with one attached hydrogen (secondary N) is 1. The number of alkyl halides is 1. The predicted octanol–water partition coefficient (Wildman–Crippen LogP) is 6.53. The van der Waals surface area contributed by atoms with Crippen LogP contribution in [0, 0.1) is 0 Å². The molecule has 3 atom stereocenters. The van der Waals surface area contributed by atoms with Crippen LogP contribution in [0.5, 0.6) is 5.75 Å². The lowest BCUT2D eigenvalue weighted by atomic mass is 9.69. The second-order valence-corrected chi connectivity index (χ2v) is 15.0. The number of allylic oxidation sites excluding steroid dienone is 2. The fourth-order valence-electron chi connectivity index (χ4n) is 6.73. The van der Waals surface area contributed by atoms with Gasteiger partial charge in [-0.25, -0.2) is 4.79 Å². The van der Waals surface area contributed by atoms with Gasteiger partial charge in [0, 0.05) is 74.6 Å². The molecule has 0 saturated carbocycles. The maximum Gasteiger partial charge on any atom is 0.326 e. The Morgan fingerprint density at radius 3 is 2.38 bits per heavy atom. The molecule has 2 aliphatic heterocycles. The lowest BCUT2D eigenvalue weighted by Gasteiger charge is -2.48. The molecule has 3 heterocycles. The molecular formula is C37H48Cl2N6O3. The maximum absolute atomic E-state index is 15.1. The molecule has 258 valence electrons. The first kappa shape index (κ1) is 35.9. The van der Waals surface area contributed by atoms with Crippen molar-refractivity contribution < 1.29 is 14.3 Å². The minimum absolute atomic E-state index is 0.0457. The van der Waals surface area contributed by atoms with Gasteiger partial charge in [0.25, 0.3) is 0 Å². The first-order valence-electron chi connectivity index (χ1n) is 16.8. The molecule has 0 spiro atoms. The van der Waals surface area contributed by atoms with Crippen LogP contribution in [0.25, 0.3) is 0 Å². The summed E-state index contributed by atoms with van der Waals surface area (Å²) in [6, 6.07) is 9.56. The zero-order chi connectivity index (χ0) is 34.9. The minimum Gasteiger partial charge on any atom is -0.493 e. The summed E-state index contributed by atoms with van der Waals surface area (Å²) in [5.41, 5.74) is 1.32. The number of carbonyl (C=O) groups is 2. The molecule has 1 aromatic heterocycles. The third-order valence-corrected chi connectivity index (χ3v) is 10.3. The largest absolute Gasteiger partial charge is 0.493 e. The van der Waals surface area contributed by atoms with Crippen LogP contribution >= 0.6 is 23.2 Å². The molecule has 0 radical (unpaired) electrons. The number of carbonyl (C=O) groups excluding carboxylic acids is 2. The van der Waals surface area contributed by atoms with Crippen molar-refractivity contribution in [3.8, 4) is 5.75 Å². The quantitative estimate of drug-likeness (QED) is 0.317. The van der Waals surface area contributed by atoms with Crippen molar-refractivity contribution in [3.05, 3.63) is 82.2 Å². The molecule has 3 amide bonds. The van der Waals surface area contributed by atoms with Crippen molar-refractivity contribution in [2.24, 2.45) is 4.99 Å². The summed E-state index contributed by atoms with van der Waals surface area (Å²) in [4.78, 5) is 43.0. The number of piperazine rings is 1. The number of nitrogens with zero attached hydrogens (tertiary/aromatic N) is 5. The summed E-state index contributed by atoms with van der Waals surface area (Å²) in [7, 11) is 0. The highest BCUT2D eigenvalue weighted by Gasteiger charge is 2.61. The van der Waals surface area contributed by atoms with Gasteiger partial charge in [-0.2, -0.15) is 0 Å². The molecule has 1 unspecified atom stereocenters. The molecule has 1 aromatic carbocycles. The monoisotopic (exact) mass is 694 g/mol. The highest BCUT2D eigenvalue weighted by molar-refractivity contribution is 6.30. The van der Waals surface area contributed by atoms with E-state index in [1.54, 1.807) is 6.20 Å². The van der Waals surface area contributed by atoms with Gasteiger partial charge in [0.05, 0.1) is 17.5 Å². The molecule has 11 heteroatoms. The molecule has 1 N–H and O–H groups in total. The van der Waals surface area contributed by atoms with E-state index in [9.17, 15) is 4.79 Å². The Hall–Kier alpha value is -3.40. The molecule has 3 aliphatic rings. The number of amidine groups is 1. The number of aliphatic imine (C=N–C) groups is 1. The van der Waals surface area contributed by atoms with E-state index in [1.807, 2.05) is 59.2 Å². The third-order valence-electron chi connectivity index (χ3n) is 9.76. The summed E-state index contributed by atoms with van der Waals surface area (Å²) < 4.78 is 6.27. The van der Waals surface area contributed by atoms with E-state index in [0.29, 0.717) is 67.9 Å². The number of hydrogen-bond donors (Lipinski definition) is 1. The van der Waals surface area contributed by atoms with Gasteiger partial charge >= 0.3 is 6.03 Å². The fraction of sp³-hybridized carbons (Fsp3) is 0.514. The van der Waals surface area contributed by atoms with Gasteiger partial charge in [-0.3, -0.25) is 24.6 Å². The van der Waals surface area contributed by atoms with Crippen molar-refractivity contribution in [2.75, 3.05) is 45.9 Å². The van der Waals surface area contributed by atoms with E-state index >= 15 is 4.79 Å². The topological polar surface area (TPSA) is 90.4 Å². The van der Waals surface area contributed by atoms with Crippen molar-refractivity contribution in [2.45, 2.75) is 76.8 Å². The first-order chi connectivity index (χ1) is 22.7. The SMILES string of the molecule is CCOc1cc(C(C)(C)C)ncc1C1=N[C@@](C)(c2ccc(Cl)cc2)[C@@](C)(C2=CCC(Cl)C=C2)N1C(=O)N1CCN(CCNC(C)=O)CC1. The number of benzene rings is 1. The van der Waals surface area contributed by atoms with E-state index in [4.69, 9.17) is 37.9 Å². The van der Waals surface area contributed by atoms with E-state index in [0.717, 1.165) is 23.4 Å². The molecule has 0 bridgehead atoms. The Balaban J connectivity index is 1.65. The average molecular weight is 696 g/mol. The maximum atomic E-state index is 15.1. The normalized spacial score (nSPS) is 24.7. The number of hydrogen-bond acceptors (Lipinski definition) is 6. The van der Waals surface area contributed by atoms with Crippen LogP contribution in [0.3, 0.4) is 0 Å². The zero-order valence-corrected chi connectivity index (χ0v) is 30.7. The second-order valence-electron chi connectivity index (χ2n) is 14.0. The van der Waals surface area contributed by atoms with Crippen LogP contribution in [-0.2, 0) is 15.7 Å². The van der Waals surface area contributed by atoms with Crippen LogP contribution < -0.4 is 10.1 Å². The molecule has 1 aliphatic carbocycles. The van der Waals surface area contributed by atoms with Gasteiger partial charge in [0.1, 0.15) is 22.7 Å². The lowest BCUT2D eigenvalue weighted by Crippen LogP contribution is -2.63. The Morgan fingerprint density at radius 1 is 1.10 bits per heavy atom. The van der Waals surface area contributed by atoms with Gasteiger partial charge in [-0.1, -0.05) is 62.7 Å². The average Bonchev–Trinajstić information content (AvgIpc) is 3.29. The Labute approximate surface area is 295 Å². The minimum atomic E-state index is -0.963. The Bertz CT molecular complexity index is 1610.